The van der Waals surface area contributed by atoms with Crippen LogP contribution in [-0.4, -0.2) is 23.1 Å². The minimum atomic E-state index is -0.117. The van der Waals surface area contributed by atoms with Gasteiger partial charge in [-0.3, -0.25) is 0 Å². The molecule has 0 amide bonds. The van der Waals surface area contributed by atoms with Crippen LogP contribution in [0.25, 0.3) is 0 Å². The fourth-order valence-electron chi connectivity index (χ4n) is 0.889. The molecule has 0 spiro atoms. The third kappa shape index (κ3) is 6.03. The topological polar surface area (TPSA) is 46.1 Å². The van der Waals surface area contributed by atoms with Crippen molar-refractivity contribution in [3.63, 3.8) is 0 Å². The molecule has 17 heavy (non-hydrogen) atoms. The van der Waals surface area contributed by atoms with Crippen LogP contribution < -0.4 is 10.2 Å². The molecule has 84 valence electrons. The van der Waals surface area contributed by atoms with Gasteiger partial charge >= 0.3 is 23.1 Å². The van der Waals surface area contributed by atoms with Gasteiger partial charge in [0.2, 0.25) is 0 Å². The Balaban J connectivity index is 0.000000284. The van der Waals surface area contributed by atoms with Crippen LogP contribution in [0.4, 0.5) is 0 Å². The van der Waals surface area contributed by atoms with E-state index in [2.05, 4.69) is 0 Å². The molecule has 0 heterocycles. The van der Waals surface area contributed by atoms with Gasteiger partial charge in [0.1, 0.15) is 0 Å². The molecule has 0 aliphatic rings. The van der Waals surface area contributed by atoms with Crippen molar-refractivity contribution in [2.45, 2.75) is 0 Å². The monoisotopic (exact) mass is 278 g/mol. The van der Waals surface area contributed by atoms with Gasteiger partial charge in [-0.2, -0.15) is 0 Å². The largest absolute Gasteiger partial charge is 2.00 e. The van der Waals surface area contributed by atoms with E-state index in [4.69, 9.17) is 23.2 Å². The summed E-state index contributed by atoms with van der Waals surface area (Å²) in [6.07, 6.45) is 0. The number of benzene rings is 2. The molecule has 0 saturated carbocycles. The van der Waals surface area contributed by atoms with Crippen molar-refractivity contribution < 1.29 is 10.2 Å². The molecule has 0 radical (unpaired) electrons. The summed E-state index contributed by atoms with van der Waals surface area (Å²) >= 11 is 10.8. The van der Waals surface area contributed by atoms with Crippen LogP contribution in [0.1, 0.15) is 0 Å². The Morgan fingerprint density at radius 2 is 0.941 bits per heavy atom. The van der Waals surface area contributed by atoms with Crippen molar-refractivity contribution in [3.05, 3.63) is 58.6 Å². The first-order valence-corrected chi connectivity index (χ1v) is 5.20. The second-order valence-electron chi connectivity index (χ2n) is 2.86. The van der Waals surface area contributed by atoms with Crippen LogP contribution >= 0.6 is 23.2 Å². The van der Waals surface area contributed by atoms with Gasteiger partial charge in [-0.25, -0.2) is 0 Å². The SMILES string of the molecule is [Mg+2].[O-]c1ccccc1Cl.[O-]c1ccccc1Cl. The molecule has 0 bridgehead atoms. The standard InChI is InChI=1S/2C6H5ClO.Mg/c2*7-5-3-1-2-4-6(5)8;/h2*1-4,8H;/q;;+2/p-2. The summed E-state index contributed by atoms with van der Waals surface area (Å²) in [5.74, 6) is -0.233. The fourth-order valence-corrected chi connectivity index (χ4v) is 1.16. The first-order chi connectivity index (χ1) is 7.61. The van der Waals surface area contributed by atoms with E-state index in [1.165, 1.54) is 12.1 Å². The van der Waals surface area contributed by atoms with Crippen molar-refractivity contribution in [1.29, 1.82) is 0 Å². The molecule has 0 saturated heterocycles. The number of rotatable bonds is 0. The van der Waals surface area contributed by atoms with Gasteiger partial charge in [0.05, 0.1) is 0 Å². The summed E-state index contributed by atoms with van der Waals surface area (Å²) < 4.78 is 0. The molecule has 2 aromatic carbocycles. The Morgan fingerprint density at radius 1 is 0.647 bits per heavy atom. The smallest absolute Gasteiger partial charge is 0.871 e. The van der Waals surface area contributed by atoms with Gasteiger partial charge in [-0.05, 0) is 12.1 Å². The maximum absolute atomic E-state index is 10.5. The van der Waals surface area contributed by atoms with Crippen molar-refractivity contribution >= 4 is 46.3 Å². The predicted molar refractivity (Wildman–Crippen MR) is 67.6 cm³/mol. The first kappa shape index (κ1) is 16.4. The Bertz CT molecular complexity index is 378. The molecule has 0 N–H and O–H groups in total. The third-order valence-corrected chi connectivity index (χ3v) is 2.30. The van der Waals surface area contributed by atoms with Crippen LogP contribution in [0.3, 0.4) is 0 Å². The van der Waals surface area contributed by atoms with Gasteiger partial charge in [0.25, 0.3) is 0 Å². The van der Waals surface area contributed by atoms with E-state index >= 15 is 0 Å². The van der Waals surface area contributed by atoms with Crippen molar-refractivity contribution in [3.8, 4) is 11.5 Å². The number of hydrogen-bond acceptors (Lipinski definition) is 2. The normalized spacial score (nSPS) is 8.59. The zero-order valence-electron chi connectivity index (χ0n) is 8.90. The second-order valence-corrected chi connectivity index (χ2v) is 3.68. The molecule has 2 aromatic rings. The van der Waals surface area contributed by atoms with Gasteiger partial charge < -0.3 is 10.2 Å². The molecule has 0 atom stereocenters. The molecule has 0 aliphatic heterocycles. The van der Waals surface area contributed by atoms with E-state index in [0.717, 1.165) is 0 Å². The Morgan fingerprint density at radius 3 is 1.12 bits per heavy atom. The van der Waals surface area contributed by atoms with E-state index in [1.807, 2.05) is 0 Å². The van der Waals surface area contributed by atoms with Gasteiger partial charge in [0, 0.05) is 10.0 Å². The molecule has 0 aliphatic carbocycles. The molecular formula is C12H8Cl2MgO2. The maximum Gasteiger partial charge on any atom is 2.00 e. The van der Waals surface area contributed by atoms with Crippen LogP contribution in [0, 0.1) is 0 Å². The summed E-state index contributed by atoms with van der Waals surface area (Å²) in [4.78, 5) is 0. The Labute approximate surface area is 126 Å². The molecule has 2 rings (SSSR count). The molecule has 5 heteroatoms. The van der Waals surface area contributed by atoms with Crippen LogP contribution in [0.15, 0.2) is 48.5 Å². The molecule has 0 unspecified atom stereocenters. The molecular weight excluding hydrogens is 271 g/mol. The molecule has 0 aromatic heterocycles. The quantitative estimate of drug-likeness (QED) is 0.695. The third-order valence-electron chi connectivity index (χ3n) is 1.67. The van der Waals surface area contributed by atoms with Crippen LogP contribution in [0.2, 0.25) is 10.0 Å². The predicted octanol–water partition coefficient (Wildman–Crippen LogP) is 2.45. The van der Waals surface area contributed by atoms with Gasteiger partial charge in [-0.15, -0.1) is 0 Å². The Hall–Kier alpha value is -0.614. The minimum Gasteiger partial charge on any atom is -0.871 e. The van der Waals surface area contributed by atoms with Gasteiger partial charge in [-0.1, -0.05) is 71.1 Å². The summed E-state index contributed by atoms with van der Waals surface area (Å²) in [5.41, 5.74) is 0. The second kappa shape index (κ2) is 8.47. The molecule has 2 nitrogen and oxygen atoms in total. The molecule has 0 fully saturated rings. The van der Waals surface area contributed by atoms with E-state index in [1.54, 1.807) is 36.4 Å². The minimum absolute atomic E-state index is 0. The Kier molecular flexibility index (Phi) is 8.17. The van der Waals surface area contributed by atoms with Crippen molar-refractivity contribution in [1.82, 2.24) is 0 Å². The summed E-state index contributed by atoms with van der Waals surface area (Å²) in [7, 11) is 0. The number of halogens is 2. The first-order valence-electron chi connectivity index (χ1n) is 4.44. The average Bonchev–Trinajstić information content (AvgIpc) is 2.28. The van der Waals surface area contributed by atoms with E-state index in [9.17, 15) is 10.2 Å². The summed E-state index contributed by atoms with van der Waals surface area (Å²) in [5, 5.41) is 21.5. The van der Waals surface area contributed by atoms with E-state index in [0.29, 0.717) is 0 Å². The maximum atomic E-state index is 10.5. The van der Waals surface area contributed by atoms with E-state index < -0.39 is 0 Å². The fraction of sp³-hybridized carbons (Fsp3) is 0. The van der Waals surface area contributed by atoms with Crippen LogP contribution in [-0.2, 0) is 0 Å². The summed E-state index contributed by atoms with van der Waals surface area (Å²) in [6.45, 7) is 0. The average molecular weight is 279 g/mol. The van der Waals surface area contributed by atoms with E-state index in [-0.39, 0.29) is 44.6 Å². The van der Waals surface area contributed by atoms with Crippen LogP contribution in [0.5, 0.6) is 11.5 Å². The van der Waals surface area contributed by atoms with Crippen molar-refractivity contribution in [2.24, 2.45) is 0 Å². The number of para-hydroxylation sites is 2. The van der Waals surface area contributed by atoms with Crippen molar-refractivity contribution in [2.75, 3.05) is 0 Å². The van der Waals surface area contributed by atoms with Gasteiger partial charge in [0.15, 0.2) is 0 Å². The zero-order chi connectivity index (χ0) is 12.0. The zero-order valence-corrected chi connectivity index (χ0v) is 11.8. The number of hydrogen-bond donors (Lipinski definition) is 0. The summed E-state index contributed by atoms with van der Waals surface area (Å²) in [6, 6.07) is 12.8.